The summed E-state index contributed by atoms with van der Waals surface area (Å²) in [7, 11) is 0. The molecule has 1 aromatic carbocycles. The summed E-state index contributed by atoms with van der Waals surface area (Å²) in [6, 6.07) is 11.1. The number of nitrogens with one attached hydrogen (secondary N) is 1. The smallest absolute Gasteiger partial charge is 0.159 e. The van der Waals surface area contributed by atoms with E-state index in [9.17, 15) is 0 Å². The Morgan fingerprint density at radius 3 is 2.90 bits per heavy atom. The van der Waals surface area contributed by atoms with E-state index >= 15 is 0 Å². The third-order valence-electron chi connectivity index (χ3n) is 3.84. The summed E-state index contributed by atoms with van der Waals surface area (Å²) in [5, 5.41) is 3.69. The van der Waals surface area contributed by atoms with Crippen LogP contribution in [-0.2, 0) is 11.3 Å². The van der Waals surface area contributed by atoms with Crippen molar-refractivity contribution in [2.45, 2.75) is 25.4 Å². The van der Waals surface area contributed by atoms with Crippen LogP contribution in [0.3, 0.4) is 0 Å². The summed E-state index contributed by atoms with van der Waals surface area (Å²) in [5.74, 6) is 0.663. The summed E-state index contributed by atoms with van der Waals surface area (Å²) in [5.41, 5.74) is 1.35. The Hall–Kier alpha value is -0.750. The summed E-state index contributed by atoms with van der Waals surface area (Å²) < 4.78 is 6.46. The topological polar surface area (TPSA) is 34.2 Å². The van der Waals surface area contributed by atoms with E-state index in [1.807, 2.05) is 6.20 Å². The molecule has 2 heterocycles. The lowest BCUT2D eigenvalue weighted by Gasteiger charge is -2.21. The second kappa shape index (κ2) is 7.49. The number of aromatic nitrogens is 1. The predicted molar refractivity (Wildman–Crippen MR) is 89.4 cm³/mol. The molecule has 1 aliphatic rings. The summed E-state index contributed by atoms with van der Waals surface area (Å²) in [4.78, 5) is 5.50. The molecule has 3 rings (SSSR count). The molecule has 0 spiro atoms. The number of benzene rings is 1. The van der Waals surface area contributed by atoms with Crippen molar-refractivity contribution in [3.8, 4) is 0 Å². The van der Waals surface area contributed by atoms with E-state index in [2.05, 4.69) is 56.6 Å². The molecule has 1 N–H and O–H groups in total. The molecule has 0 amide bonds. The van der Waals surface area contributed by atoms with Gasteiger partial charge in [0.1, 0.15) is 0 Å². The summed E-state index contributed by atoms with van der Waals surface area (Å²) in [6.45, 7) is 2.67. The van der Waals surface area contributed by atoms with Crippen LogP contribution < -0.4 is 5.32 Å². The fourth-order valence-electron chi connectivity index (χ4n) is 2.71. The molecule has 1 fully saturated rings. The highest BCUT2D eigenvalue weighted by atomic mass is 79.9. The number of hydrogen-bond acceptors (Lipinski definition) is 4. The van der Waals surface area contributed by atoms with Crippen LogP contribution in [0.15, 0.2) is 40.4 Å². The zero-order chi connectivity index (χ0) is 14.5. The first-order chi connectivity index (χ1) is 10.3. The minimum absolute atomic E-state index is 0.374. The third kappa shape index (κ3) is 4.36. The molecule has 0 bridgehead atoms. The Morgan fingerprint density at radius 1 is 1.38 bits per heavy atom. The summed E-state index contributed by atoms with van der Waals surface area (Å²) >= 11 is 5.10. The van der Waals surface area contributed by atoms with Crippen LogP contribution in [0.2, 0.25) is 0 Å². The molecule has 1 aromatic heterocycles. The minimum Gasteiger partial charge on any atom is -0.381 e. The largest absolute Gasteiger partial charge is 0.381 e. The number of halogens is 1. The van der Waals surface area contributed by atoms with Crippen molar-refractivity contribution in [3.63, 3.8) is 0 Å². The second-order valence-corrected chi connectivity index (χ2v) is 7.78. The van der Waals surface area contributed by atoms with E-state index in [1.54, 1.807) is 11.3 Å². The Balaban J connectivity index is 1.66. The molecule has 1 saturated heterocycles. The van der Waals surface area contributed by atoms with Crippen molar-refractivity contribution in [1.82, 2.24) is 10.3 Å². The minimum atomic E-state index is 0.374. The molecular weight excluding hydrogens is 348 g/mol. The zero-order valence-corrected chi connectivity index (χ0v) is 14.2. The molecule has 0 radical (unpaired) electrons. The van der Waals surface area contributed by atoms with Crippen molar-refractivity contribution in [2.75, 3.05) is 13.2 Å². The quantitative estimate of drug-likeness (QED) is 0.832. The van der Waals surface area contributed by atoms with Gasteiger partial charge in [-0.3, -0.25) is 0 Å². The highest BCUT2D eigenvalue weighted by Crippen LogP contribution is 2.27. The average molecular weight is 367 g/mol. The molecule has 3 nitrogen and oxygen atoms in total. The van der Waals surface area contributed by atoms with Gasteiger partial charge in [0.05, 0.1) is 0 Å². The first kappa shape index (κ1) is 15.2. The third-order valence-corrected chi connectivity index (χ3v) is 5.32. The molecule has 21 heavy (non-hydrogen) atoms. The van der Waals surface area contributed by atoms with E-state index in [1.165, 1.54) is 16.9 Å². The van der Waals surface area contributed by atoms with Crippen molar-refractivity contribution >= 4 is 27.3 Å². The lowest BCUT2D eigenvalue weighted by molar-refractivity contribution is 0.181. The van der Waals surface area contributed by atoms with Crippen LogP contribution >= 0.6 is 27.3 Å². The number of thiazole rings is 1. The molecule has 0 saturated carbocycles. The Labute approximate surface area is 137 Å². The number of rotatable bonds is 6. The van der Waals surface area contributed by atoms with Crippen LogP contribution in [0.4, 0.5) is 0 Å². The van der Waals surface area contributed by atoms with Gasteiger partial charge in [0.2, 0.25) is 0 Å². The van der Waals surface area contributed by atoms with Crippen LogP contribution in [-0.4, -0.2) is 18.2 Å². The SMILES string of the molecule is Brc1ncc(CN[C@H](C[C@@H]2CCOC2)c2ccccc2)s1. The molecule has 5 heteroatoms. The molecule has 1 aliphatic heterocycles. The van der Waals surface area contributed by atoms with Gasteiger partial charge >= 0.3 is 0 Å². The van der Waals surface area contributed by atoms with E-state index in [4.69, 9.17) is 4.74 Å². The van der Waals surface area contributed by atoms with Crippen molar-refractivity contribution in [2.24, 2.45) is 5.92 Å². The Morgan fingerprint density at radius 2 is 2.24 bits per heavy atom. The van der Waals surface area contributed by atoms with Crippen molar-refractivity contribution in [3.05, 3.63) is 50.9 Å². The maximum atomic E-state index is 5.52. The maximum absolute atomic E-state index is 5.52. The number of hydrogen-bond donors (Lipinski definition) is 1. The second-order valence-electron chi connectivity index (χ2n) is 5.39. The average Bonchev–Trinajstić information content (AvgIpc) is 3.16. The number of ether oxygens (including phenoxy) is 1. The van der Waals surface area contributed by atoms with E-state index in [-0.39, 0.29) is 0 Å². The Bertz CT molecular complexity index is 554. The van der Waals surface area contributed by atoms with Crippen LogP contribution in [0.1, 0.15) is 29.3 Å². The first-order valence-electron chi connectivity index (χ1n) is 7.27. The lowest BCUT2D eigenvalue weighted by Crippen LogP contribution is -2.23. The van der Waals surface area contributed by atoms with Gasteiger partial charge in [0.25, 0.3) is 0 Å². The highest BCUT2D eigenvalue weighted by molar-refractivity contribution is 9.11. The normalized spacial score (nSPS) is 19.8. The Kier molecular flexibility index (Phi) is 5.41. The highest BCUT2D eigenvalue weighted by Gasteiger charge is 2.21. The standard InChI is InChI=1S/C16H19BrN2OS/c17-16-19-10-14(21-16)9-18-15(8-12-6-7-20-11-12)13-4-2-1-3-5-13/h1-5,10,12,15,18H,6-9,11H2/t12-,15+/m0/s1. The van der Waals surface area contributed by atoms with Gasteiger partial charge in [-0.2, -0.15) is 0 Å². The fourth-order valence-corrected chi connectivity index (χ4v) is 4.02. The van der Waals surface area contributed by atoms with Crippen LogP contribution in [0.25, 0.3) is 0 Å². The summed E-state index contributed by atoms with van der Waals surface area (Å²) in [6.07, 6.45) is 4.24. The van der Waals surface area contributed by atoms with Crippen LogP contribution in [0.5, 0.6) is 0 Å². The van der Waals surface area contributed by atoms with Gasteiger partial charge in [-0.1, -0.05) is 30.3 Å². The fraction of sp³-hybridized carbons (Fsp3) is 0.438. The van der Waals surface area contributed by atoms with Gasteiger partial charge in [-0.15, -0.1) is 11.3 Å². The van der Waals surface area contributed by atoms with E-state index < -0.39 is 0 Å². The van der Waals surface area contributed by atoms with E-state index in [0.29, 0.717) is 12.0 Å². The molecular formula is C16H19BrN2OS. The molecule has 0 unspecified atom stereocenters. The maximum Gasteiger partial charge on any atom is 0.159 e. The molecule has 2 aromatic rings. The van der Waals surface area contributed by atoms with Crippen molar-refractivity contribution in [1.29, 1.82) is 0 Å². The molecule has 0 aliphatic carbocycles. The zero-order valence-electron chi connectivity index (χ0n) is 11.8. The van der Waals surface area contributed by atoms with E-state index in [0.717, 1.165) is 30.1 Å². The van der Waals surface area contributed by atoms with Gasteiger partial charge < -0.3 is 10.1 Å². The molecule has 112 valence electrons. The van der Waals surface area contributed by atoms with Crippen molar-refractivity contribution < 1.29 is 4.74 Å². The monoisotopic (exact) mass is 366 g/mol. The lowest BCUT2D eigenvalue weighted by atomic mass is 9.94. The molecule has 2 atom stereocenters. The van der Waals surface area contributed by atoms with Crippen LogP contribution in [0, 0.1) is 5.92 Å². The van der Waals surface area contributed by atoms with Gasteiger partial charge in [0.15, 0.2) is 3.92 Å². The predicted octanol–water partition coefficient (Wildman–Crippen LogP) is 4.16. The first-order valence-corrected chi connectivity index (χ1v) is 8.88. The van der Waals surface area contributed by atoms with Gasteiger partial charge in [-0.05, 0) is 40.3 Å². The van der Waals surface area contributed by atoms with Gasteiger partial charge in [0, 0.05) is 36.9 Å². The van der Waals surface area contributed by atoms with Gasteiger partial charge in [-0.25, -0.2) is 4.98 Å². The number of nitrogens with zero attached hydrogens (tertiary/aromatic N) is 1.